The molecule has 0 aromatic rings. The van der Waals surface area contributed by atoms with E-state index in [0.717, 1.165) is 0 Å². The second-order valence-corrected chi connectivity index (χ2v) is 2.96. The summed E-state index contributed by atoms with van der Waals surface area (Å²) < 4.78 is 0. The molecule has 0 bridgehead atoms. The van der Waals surface area contributed by atoms with E-state index in [-0.39, 0.29) is 5.50 Å². The fourth-order valence-electron chi connectivity index (χ4n) is 1.16. The molecule has 1 aliphatic rings. The zero-order chi connectivity index (χ0) is 6.69. The molecule has 0 saturated heterocycles. The summed E-state index contributed by atoms with van der Waals surface area (Å²) in [4.78, 5) is 3.10. The van der Waals surface area contributed by atoms with Crippen molar-refractivity contribution in [3.63, 3.8) is 0 Å². The van der Waals surface area contributed by atoms with Gasteiger partial charge in [0.15, 0.2) is 5.71 Å². The van der Waals surface area contributed by atoms with Gasteiger partial charge in [-0.15, -0.1) is 0 Å². The average Bonchev–Trinajstić information content (AvgIpc) is 2.15. The Morgan fingerprint density at radius 1 is 1.44 bits per heavy atom. The van der Waals surface area contributed by atoms with Crippen LogP contribution in [0.15, 0.2) is 0 Å². The lowest BCUT2D eigenvalue weighted by Gasteiger charge is -1.89. The molecule has 52 valence electrons. The van der Waals surface area contributed by atoms with Crippen LogP contribution in [0.2, 0.25) is 0 Å². The average molecular weight is 145 g/mol. The molecule has 0 aliphatic heterocycles. The highest BCUT2D eigenvalue weighted by Crippen LogP contribution is 2.10. The largest absolute Gasteiger partial charge is 0.264 e. The zero-order valence-electron chi connectivity index (χ0n) is 5.43. The van der Waals surface area contributed by atoms with Crippen LogP contribution in [-0.4, -0.2) is 11.2 Å². The van der Waals surface area contributed by atoms with Crippen molar-refractivity contribution in [3.05, 3.63) is 0 Å². The van der Waals surface area contributed by atoms with Crippen LogP contribution in [0.1, 0.15) is 25.7 Å². The van der Waals surface area contributed by atoms with Crippen LogP contribution >= 0.6 is 12.6 Å². The molecule has 1 saturated carbocycles. The number of rotatable bonds is 1. The number of nitrogens with one attached hydrogen (secondary N) is 1. The van der Waals surface area contributed by atoms with E-state index in [1.54, 1.807) is 0 Å². The molecule has 1 unspecified atom stereocenters. The minimum Gasteiger partial charge on any atom is -0.264 e. The van der Waals surface area contributed by atoms with Gasteiger partial charge in [-0.2, -0.15) is 0 Å². The van der Waals surface area contributed by atoms with Gasteiger partial charge in [0.05, 0.1) is 0 Å². The molecule has 9 heavy (non-hydrogen) atoms. The van der Waals surface area contributed by atoms with Crippen molar-refractivity contribution in [1.82, 2.24) is 0 Å². The maximum absolute atomic E-state index is 5.40. The van der Waals surface area contributed by atoms with Gasteiger partial charge in [-0.25, -0.2) is 4.99 Å². The summed E-state index contributed by atoms with van der Waals surface area (Å²) in [5, 5.41) is 0. The van der Waals surface area contributed by atoms with E-state index in [1.807, 2.05) is 0 Å². The summed E-state index contributed by atoms with van der Waals surface area (Å²) in [5.74, 6) is 0. The summed E-state index contributed by atoms with van der Waals surface area (Å²) in [6.07, 6.45) is 4.99. The van der Waals surface area contributed by atoms with Crippen molar-refractivity contribution in [1.29, 1.82) is 0 Å². The quantitative estimate of drug-likeness (QED) is 0.330. The Labute approximate surface area is 60.9 Å². The Morgan fingerprint density at radius 2 is 2.00 bits per heavy atom. The summed E-state index contributed by atoms with van der Waals surface area (Å²) in [5.41, 5.74) is 6.61. The first-order valence-corrected chi connectivity index (χ1v) is 3.85. The summed E-state index contributed by atoms with van der Waals surface area (Å²) >= 11 is 4.02. The van der Waals surface area contributed by atoms with E-state index in [2.05, 4.69) is 17.6 Å². The van der Waals surface area contributed by atoms with Gasteiger partial charge in [0.25, 0.3) is 0 Å². The van der Waals surface area contributed by atoms with E-state index < -0.39 is 0 Å². The first-order valence-electron chi connectivity index (χ1n) is 3.34. The highest BCUT2D eigenvalue weighted by molar-refractivity contribution is 7.80. The molecule has 1 fully saturated rings. The van der Waals surface area contributed by atoms with Gasteiger partial charge >= 0.3 is 0 Å². The van der Waals surface area contributed by atoms with Crippen LogP contribution in [0.25, 0.3) is 0 Å². The number of nitrogens with two attached hydrogens (primary N) is 1. The predicted octanol–water partition coefficient (Wildman–Crippen LogP) is -0.746. The van der Waals surface area contributed by atoms with Crippen molar-refractivity contribution in [2.75, 3.05) is 0 Å². The van der Waals surface area contributed by atoms with Gasteiger partial charge in [-0.05, 0) is 12.8 Å². The van der Waals surface area contributed by atoms with E-state index in [4.69, 9.17) is 5.73 Å². The molecule has 3 heteroatoms. The topological polar surface area (TPSA) is 40.0 Å². The van der Waals surface area contributed by atoms with E-state index in [0.29, 0.717) is 0 Å². The van der Waals surface area contributed by atoms with Gasteiger partial charge in [0, 0.05) is 12.8 Å². The number of hydrogen-bond donors (Lipinski definition) is 3. The molecule has 0 aromatic carbocycles. The molecular weight excluding hydrogens is 132 g/mol. The van der Waals surface area contributed by atoms with E-state index in [9.17, 15) is 0 Å². The molecular formula is C6H13N2S+. The Kier molecular flexibility index (Phi) is 2.54. The molecule has 0 aromatic heterocycles. The highest BCUT2D eigenvalue weighted by Gasteiger charge is 2.13. The predicted molar refractivity (Wildman–Crippen MR) is 41.4 cm³/mol. The Morgan fingerprint density at radius 3 is 2.44 bits per heavy atom. The number of hydrogen-bond acceptors (Lipinski definition) is 2. The smallest absolute Gasteiger partial charge is 0.247 e. The molecule has 0 radical (unpaired) electrons. The van der Waals surface area contributed by atoms with Crippen molar-refractivity contribution in [3.8, 4) is 0 Å². The SMILES string of the molecule is NC(S)[NH+]=C1CCCC1. The monoisotopic (exact) mass is 145 g/mol. The van der Waals surface area contributed by atoms with Crippen molar-refractivity contribution < 1.29 is 4.99 Å². The zero-order valence-corrected chi connectivity index (χ0v) is 6.32. The van der Waals surface area contributed by atoms with Crippen LogP contribution in [0.3, 0.4) is 0 Å². The maximum atomic E-state index is 5.40. The van der Waals surface area contributed by atoms with E-state index >= 15 is 0 Å². The molecule has 3 N–H and O–H groups in total. The minimum absolute atomic E-state index is 0.168. The van der Waals surface area contributed by atoms with Crippen molar-refractivity contribution in [2.45, 2.75) is 31.2 Å². The molecule has 1 aliphatic carbocycles. The third-order valence-electron chi connectivity index (χ3n) is 1.56. The second-order valence-electron chi connectivity index (χ2n) is 2.40. The maximum Gasteiger partial charge on any atom is 0.247 e. The molecule has 2 nitrogen and oxygen atoms in total. The lowest BCUT2D eigenvalue weighted by molar-refractivity contribution is -0.473. The third-order valence-corrected chi connectivity index (χ3v) is 1.69. The molecule has 0 spiro atoms. The molecule has 1 atom stereocenters. The van der Waals surface area contributed by atoms with Gasteiger partial charge in [-0.3, -0.25) is 5.73 Å². The van der Waals surface area contributed by atoms with Crippen LogP contribution in [0, 0.1) is 0 Å². The van der Waals surface area contributed by atoms with Crippen LogP contribution in [0.5, 0.6) is 0 Å². The van der Waals surface area contributed by atoms with Crippen LogP contribution in [0.4, 0.5) is 0 Å². The first kappa shape index (κ1) is 7.09. The lowest BCUT2D eigenvalue weighted by atomic mass is 10.3. The highest BCUT2D eigenvalue weighted by atomic mass is 32.1. The lowest BCUT2D eigenvalue weighted by Crippen LogP contribution is -2.80. The molecule has 0 heterocycles. The molecule has 1 rings (SSSR count). The number of thiol groups is 1. The van der Waals surface area contributed by atoms with Crippen molar-refractivity contribution >= 4 is 18.3 Å². The van der Waals surface area contributed by atoms with Crippen LogP contribution < -0.4 is 10.7 Å². The van der Waals surface area contributed by atoms with Crippen molar-refractivity contribution in [2.24, 2.45) is 5.73 Å². The summed E-state index contributed by atoms with van der Waals surface area (Å²) in [6.45, 7) is 0. The fraction of sp³-hybridized carbons (Fsp3) is 0.833. The normalized spacial score (nSPS) is 22.2. The molecule has 0 amide bonds. The van der Waals surface area contributed by atoms with Gasteiger partial charge in [0.2, 0.25) is 5.50 Å². The van der Waals surface area contributed by atoms with Gasteiger partial charge in [0.1, 0.15) is 0 Å². The standard InChI is InChI=1S/C6H12N2S/c7-6(9)8-5-3-1-2-4-5/h6,9H,1-4,7H2/p+1. The third kappa shape index (κ3) is 2.37. The first-order chi connectivity index (χ1) is 4.29. The van der Waals surface area contributed by atoms with E-state index in [1.165, 1.54) is 31.4 Å². The Balaban J connectivity index is 2.39. The Hall–Kier alpha value is -0.0200. The Bertz CT molecular complexity index is 112. The second kappa shape index (κ2) is 3.22. The fourth-order valence-corrected chi connectivity index (χ4v) is 1.34. The van der Waals surface area contributed by atoms with Gasteiger partial charge in [-0.1, -0.05) is 12.6 Å². The minimum atomic E-state index is -0.168. The summed E-state index contributed by atoms with van der Waals surface area (Å²) in [7, 11) is 0. The van der Waals surface area contributed by atoms with Crippen LogP contribution in [-0.2, 0) is 0 Å². The van der Waals surface area contributed by atoms with Gasteiger partial charge < -0.3 is 0 Å². The summed E-state index contributed by atoms with van der Waals surface area (Å²) in [6, 6.07) is 0.